The molecule has 0 bridgehead atoms. The van der Waals surface area contributed by atoms with Crippen molar-refractivity contribution >= 4 is 33.9 Å². The molecule has 0 saturated heterocycles. The van der Waals surface area contributed by atoms with Crippen LogP contribution in [0.3, 0.4) is 0 Å². The first-order chi connectivity index (χ1) is 14.1. The SMILES string of the molecule is Cc1cccc2cc(CN(Cc3ccco3)C(=S)Nc3ccccc3)c(=O)[nH]c12. The number of aromatic amines is 1. The number of nitrogens with zero attached hydrogens (tertiary/aromatic N) is 1. The van der Waals surface area contributed by atoms with Crippen LogP contribution in [0.4, 0.5) is 5.69 Å². The molecule has 5 nitrogen and oxygen atoms in total. The topological polar surface area (TPSA) is 61.3 Å². The summed E-state index contributed by atoms with van der Waals surface area (Å²) in [6.45, 7) is 2.80. The van der Waals surface area contributed by atoms with Crippen molar-refractivity contribution in [2.75, 3.05) is 5.32 Å². The van der Waals surface area contributed by atoms with Crippen LogP contribution in [0, 0.1) is 6.92 Å². The van der Waals surface area contributed by atoms with Gasteiger partial charge in [0.1, 0.15) is 5.76 Å². The molecular weight excluding hydrogens is 382 g/mol. The van der Waals surface area contributed by atoms with Crippen molar-refractivity contribution < 1.29 is 4.42 Å². The van der Waals surface area contributed by atoms with Crippen LogP contribution in [0.1, 0.15) is 16.9 Å². The van der Waals surface area contributed by atoms with E-state index in [2.05, 4.69) is 10.3 Å². The van der Waals surface area contributed by atoms with E-state index < -0.39 is 0 Å². The van der Waals surface area contributed by atoms with Crippen molar-refractivity contribution in [3.05, 3.63) is 100 Å². The van der Waals surface area contributed by atoms with Gasteiger partial charge in [-0.15, -0.1) is 0 Å². The molecule has 6 heteroatoms. The minimum Gasteiger partial charge on any atom is -0.467 e. The van der Waals surface area contributed by atoms with Crippen LogP contribution >= 0.6 is 12.2 Å². The lowest BCUT2D eigenvalue weighted by molar-refractivity contribution is 0.359. The highest BCUT2D eigenvalue weighted by Crippen LogP contribution is 2.17. The summed E-state index contributed by atoms with van der Waals surface area (Å²) in [4.78, 5) is 17.7. The van der Waals surface area contributed by atoms with Gasteiger partial charge < -0.3 is 19.6 Å². The minimum atomic E-state index is -0.112. The number of benzene rings is 2. The van der Waals surface area contributed by atoms with E-state index in [1.54, 1.807) is 6.26 Å². The van der Waals surface area contributed by atoms with E-state index in [9.17, 15) is 4.79 Å². The van der Waals surface area contributed by atoms with Gasteiger partial charge in [-0.3, -0.25) is 4.79 Å². The molecule has 2 heterocycles. The van der Waals surface area contributed by atoms with Crippen LogP contribution in [-0.4, -0.2) is 15.0 Å². The Morgan fingerprint density at radius 2 is 1.90 bits per heavy atom. The number of anilines is 1. The van der Waals surface area contributed by atoms with Crippen molar-refractivity contribution in [3.8, 4) is 0 Å². The van der Waals surface area contributed by atoms with Gasteiger partial charge in [0.25, 0.3) is 5.56 Å². The highest BCUT2D eigenvalue weighted by molar-refractivity contribution is 7.80. The summed E-state index contributed by atoms with van der Waals surface area (Å²) in [6.07, 6.45) is 1.63. The lowest BCUT2D eigenvalue weighted by Crippen LogP contribution is -2.35. The first-order valence-electron chi connectivity index (χ1n) is 9.35. The maximum absolute atomic E-state index is 12.7. The molecule has 0 aliphatic heterocycles. The number of para-hydroxylation sites is 2. The maximum Gasteiger partial charge on any atom is 0.253 e. The molecule has 0 aliphatic rings. The fourth-order valence-electron chi connectivity index (χ4n) is 3.27. The van der Waals surface area contributed by atoms with Crippen LogP contribution in [0.2, 0.25) is 0 Å². The molecule has 0 amide bonds. The molecule has 146 valence electrons. The minimum absolute atomic E-state index is 0.112. The molecule has 0 unspecified atom stereocenters. The standard InChI is InChI=1S/C23H21N3O2S/c1-16-7-5-8-17-13-18(22(27)25-21(16)17)14-26(15-20-11-6-12-28-20)23(29)24-19-9-3-2-4-10-19/h2-13H,14-15H2,1H3,(H,24,29)(H,25,27). The number of rotatable bonds is 5. The predicted octanol–water partition coefficient (Wildman–Crippen LogP) is 4.83. The average Bonchev–Trinajstić information content (AvgIpc) is 3.23. The highest BCUT2D eigenvalue weighted by atomic mass is 32.1. The zero-order valence-corrected chi connectivity index (χ0v) is 16.8. The van der Waals surface area contributed by atoms with Crippen LogP contribution in [-0.2, 0) is 13.1 Å². The summed E-state index contributed by atoms with van der Waals surface area (Å²) < 4.78 is 5.50. The smallest absolute Gasteiger partial charge is 0.253 e. The molecule has 4 aromatic rings. The molecule has 2 N–H and O–H groups in total. The summed E-state index contributed by atoms with van der Waals surface area (Å²) in [5, 5.41) is 4.77. The number of H-pyrrole nitrogens is 1. The highest BCUT2D eigenvalue weighted by Gasteiger charge is 2.16. The number of fused-ring (bicyclic) bond motifs is 1. The van der Waals surface area contributed by atoms with Crippen LogP contribution < -0.4 is 10.9 Å². The van der Waals surface area contributed by atoms with Gasteiger partial charge in [0.05, 0.1) is 24.9 Å². The Labute approximate surface area is 174 Å². The van der Waals surface area contributed by atoms with E-state index in [4.69, 9.17) is 16.6 Å². The zero-order valence-electron chi connectivity index (χ0n) is 16.0. The average molecular weight is 404 g/mol. The monoisotopic (exact) mass is 403 g/mol. The third-order valence-corrected chi connectivity index (χ3v) is 5.13. The van der Waals surface area contributed by atoms with Gasteiger partial charge in [-0.05, 0) is 60.4 Å². The first-order valence-corrected chi connectivity index (χ1v) is 9.76. The van der Waals surface area contributed by atoms with E-state index in [-0.39, 0.29) is 5.56 Å². The molecule has 0 fully saturated rings. The summed E-state index contributed by atoms with van der Waals surface area (Å²) in [5.74, 6) is 0.773. The second-order valence-corrected chi connectivity index (χ2v) is 7.28. The molecule has 4 rings (SSSR count). The fraction of sp³-hybridized carbons (Fsp3) is 0.130. The van der Waals surface area contributed by atoms with E-state index in [0.717, 1.165) is 27.9 Å². The largest absolute Gasteiger partial charge is 0.467 e. The molecule has 2 aromatic heterocycles. The number of aryl methyl sites for hydroxylation is 1. The van der Waals surface area contributed by atoms with Gasteiger partial charge in [-0.2, -0.15) is 0 Å². The van der Waals surface area contributed by atoms with Crippen molar-refractivity contribution in [1.82, 2.24) is 9.88 Å². The van der Waals surface area contributed by atoms with Crippen LogP contribution in [0.5, 0.6) is 0 Å². The summed E-state index contributed by atoms with van der Waals surface area (Å²) in [6, 6.07) is 21.4. The zero-order chi connectivity index (χ0) is 20.2. The lowest BCUT2D eigenvalue weighted by atomic mass is 10.1. The third-order valence-electron chi connectivity index (χ3n) is 4.77. The van der Waals surface area contributed by atoms with Gasteiger partial charge in [-0.25, -0.2) is 0 Å². The van der Waals surface area contributed by atoms with Gasteiger partial charge in [0.2, 0.25) is 0 Å². The molecule has 0 aliphatic carbocycles. The molecule has 0 radical (unpaired) electrons. The molecule has 0 spiro atoms. The number of furan rings is 1. The Morgan fingerprint density at radius 1 is 1.07 bits per heavy atom. The number of hydrogen-bond acceptors (Lipinski definition) is 3. The Morgan fingerprint density at radius 3 is 2.66 bits per heavy atom. The Bertz CT molecular complexity index is 1180. The Kier molecular flexibility index (Phi) is 5.44. The molecule has 2 aromatic carbocycles. The molecule has 0 saturated carbocycles. The quantitative estimate of drug-likeness (QED) is 0.468. The van der Waals surface area contributed by atoms with Gasteiger partial charge in [0, 0.05) is 11.3 Å². The predicted molar refractivity (Wildman–Crippen MR) is 120 cm³/mol. The molecule has 29 heavy (non-hydrogen) atoms. The summed E-state index contributed by atoms with van der Waals surface area (Å²) in [7, 11) is 0. The Balaban J connectivity index is 1.64. The van der Waals surface area contributed by atoms with Gasteiger partial charge >= 0.3 is 0 Å². The summed E-state index contributed by atoms with van der Waals surface area (Å²) >= 11 is 5.65. The van der Waals surface area contributed by atoms with Crippen molar-refractivity contribution in [2.24, 2.45) is 0 Å². The van der Waals surface area contributed by atoms with Gasteiger partial charge in [0.15, 0.2) is 5.11 Å². The van der Waals surface area contributed by atoms with Gasteiger partial charge in [-0.1, -0.05) is 36.4 Å². The number of pyridine rings is 1. The van der Waals surface area contributed by atoms with Crippen LogP contribution in [0.15, 0.2) is 82.2 Å². The van der Waals surface area contributed by atoms with Crippen molar-refractivity contribution in [2.45, 2.75) is 20.0 Å². The summed E-state index contributed by atoms with van der Waals surface area (Å²) in [5.41, 5.74) is 3.33. The maximum atomic E-state index is 12.7. The Hall–Kier alpha value is -3.38. The van der Waals surface area contributed by atoms with E-state index in [1.807, 2.05) is 78.6 Å². The van der Waals surface area contributed by atoms with E-state index in [1.165, 1.54) is 0 Å². The lowest BCUT2D eigenvalue weighted by Gasteiger charge is -2.25. The van der Waals surface area contributed by atoms with Crippen molar-refractivity contribution in [1.29, 1.82) is 0 Å². The normalized spacial score (nSPS) is 10.8. The molecular formula is C23H21N3O2S. The fourth-order valence-corrected chi connectivity index (χ4v) is 3.51. The van der Waals surface area contributed by atoms with E-state index in [0.29, 0.717) is 23.8 Å². The third kappa shape index (κ3) is 4.38. The second kappa shape index (κ2) is 8.32. The van der Waals surface area contributed by atoms with E-state index >= 15 is 0 Å². The van der Waals surface area contributed by atoms with Crippen LogP contribution in [0.25, 0.3) is 10.9 Å². The number of hydrogen-bond donors (Lipinski definition) is 2. The number of nitrogens with one attached hydrogen (secondary N) is 2. The first kappa shape index (κ1) is 19.0. The number of aromatic nitrogens is 1. The second-order valence-electron chi connectivity index (χ2n) is 6.89. The number of thiocarbonyl (C=S) groups is 1. The molecule has 0 atom stereocenters. The van der Waals surface area contributed by atoms with Crippen molar-refractivity contribution in [3.63, 3.8) is 0 Å².